The Balaban J connectivity index is 1.46. The van der Waals surface area contributed by atoms with E-state index in [2.05, 4.69) is 4.98 Å². The summed E-state index contributed by atoms with van der Waals surface area (Å²) in [5, 5.41) is 10.9. The molecule has 0 amide bonds. The number of aromatic nitrogens is 2. The van der Waals surface area contributed by atoms with Gasteiger partial charge in [-0.3, -0.25) is 4.90 Å². The van der Waals surface area contributed by atoms with Gasteiger partial charge in [-0.25, -0.2) is 4.98 Å². The van der Waals surface area contributed by atoms with Crippen LogP contribution in [0.2, 0.25) is 5.02 Å². The van der Waals surface area contributed by atoms with E-state index in [0.29, 0.717) is 48.5 Å². The molecule has 31 heavy (non-hydrogen) atoms. The quantitative estimate of drug-likeness (QED) is 0.460. The average molecular weight is 446 g/mol. The second-order valence-corrected chi connectivity index (χ2v) is 7.69. The van der Waals surface area contributed by atoms with Gasteiger partial charge in [0.25, 0.3) is 0 Å². The second kappa shape index (κ2) is 11.6. The van der Waals surface area contributed by atoms with E-state index in [4.69, 9.17) is 25.8 Å². The molecule has 1 aromatic heterocycles. The highest BCUT2D eigenvalue weighted by Crippen LogP contribution is 2.28. The van der Waals surface area contributed by atoms with Crippen molar-refractivity contribution in [2.24, 2.45) is 0 Å². The van der Waals surface area contributed by atoms with Crippen molar-refractivity contribution in [1.82, 2.24) is 14.5 Å². The molecular weight excluding hydrogens is 418 g/mol. The first-order valence-corrected chi connectivity index (χ1v) is 10.4. The zero-order valence-electron chi connectivity index (χ0n) is 17.8. The molecule has 0 aliphatic heterocycles. The van der Waals surface area contributed by atoms with Gasteiger partial charge in [0.1, 0.15) is 25.1 Å². The monoisotopic (exact) mass is 445 g/mol. The number of hydrogen-bond donors (Lipinski definition) is 1. The molecule has 0 bridgehead atoms. The van der Waals surface area contributed by atoms with Crippen molar-refractivity contribution in [3.8, 4) is 17.2 Å². The van der Waals surface area contributed by atoms with Gasteiger partial charge in [0.2, 0.25) is 0 Å². The maximum atomic E-state index is 10.3. The summed E-state index contributed by atoms with van der Waals surface area (Å²) in [5.41, 5.74) is 1.06. The Kier molecular flexibility index (Phi) is 8.58. The molecule has 0 saturated carbocycles. The van der Waals surface area contributed by atoms with E-state index in [-0.39, 0.29) is 6.61 Å². The molecule has 7 nitrogen and oxygen atoms in total. The van der Waals surface area contributed by atoms with Gasteiger partial charge in [-0.05, 0) is 42.9 Å². The molecule has 3 rings (SSSR count). The van der Waals surface area contributed by atoms with Crippen LogP contribution in [0.5, 0.6) is 17.2 Å². The summed E-state index contributed by atoms with van der Waals surface area (Å²) in [4.78, 5) is 6.05. The van der Waals surface area contributed by atoms with Crippen molar-refractivity contribution in [3.63, 3.8) is 0 Å². The molecule has 0 spiro atoms. The predicted molar refractivity (Wildman–Crippen MR) is 120 cm³/mol. The van der Waals surface area contributed by atoms with Crippen LogP contribution >= 0.6 is 11.6 Å². The Morgan fingerprint density at radius 3 is 2.77 bits per heavy atom. The van der Waals surface area contributed by atoms with Gasteiger partial charge in [-0.15, -0.1) is 0 Å². The van der Waals surface area contributed by atoms with Crippen LogP contribution in [0.1, 0.15) is 5.56 Å². The number of hydrogen-bond acceptors (Lipinski definition) is 6. The lowest BCUT2D eigenvalue weighted by molar-refractivity contribution is 0.0744. The summed E-state index contributed by atoms with van der Waals surface area (Å²) in [6.45, 7) is 2.54. The molecular formula is C23H28ClN3O4. The smallest absolute Gasteiger partial charge is 0.161 e. The minimum Gasteiger partial charge on any atom is -0.493 e. The summed E-state index contributed by atoms with van der Waals surface area (Å²) >= 11 is 5.95. The Bertz CT molecular complexity index is 936. The van der Waals surface area contributed by atoms with E-state index in [1.807, 2.05) is 53.0 Å². The molecule has 166 valence electrons. The van der Waals surface area contributed by atoms with Gasteiger partial charge in [0.15, 0.2) is 11.5 Å². The van der Waals surface area contributed by atoms with Crippen LogP contribution in [-0.2, 0) is 13.1 Å². The zero-order chi connectivity index (χ0) is 22.1. The lowest BCUT2D eigenvalue weighted by Crippen LogP contribution is -2.32. The Hall–Kier alpha value is -2.74. The molecule has 0 saturated heterocycles. The molecule has 0 fully saturated rings. The Morgan fingerprint density at radius 2 is 2.03 bits per heavy atom. The van der Waals surface area contributed by atoms with Crippen LogP contribution in [0.25, 0.3) is 0 Å². The highest BCUT2D eigenvalue weighted by atomic mass is 35.5. The number of imidazole rings is 1. The third kappa shape index (κ3) is 7.47. The van der Waals surface area contributed by atoms with Crippen molar-refractivity contribution in [1.29, 1.82) is 0 Å². The van der Waals surface area contributed by atoms with Gasteiger partial charge in [0.05, 0.1) is 20.0 Å². The molecule has 1 heterocycles. The molecule has 0 radical (unpaired) electrons. The van der Waals surface area contributed by atoms with Gasteiger partial charge < -0.3 is 23.9 Å². The third-order valence-corrected chi connectivity index (χ3v) is 4.84. The molecule has 1 N–H and O–H groups in total. The maximum Gasteiger partial charge on any atom is 0.161 e. The van der Waals surface area contributed by atoms with Crippen LogP contribution in [-0.4, -0.2) is 59.6 Å². The summed E-state index contributed by atoms with van der Waals surface area (Å²) < 4.78 is 18.9. The second-order valence-electron chi connectivity index (χ2n) is 7.25. The van der Waals surface area contributed by atoms with Crippen molar-refractivity contribution >= 4 is 11.6 Å². The molecule has 3 aromatic rings. The third-order valence-electron chi connectivity index (χ3n) is 4.61. The SMILES string of the molecule is COc1cc(CN(C)CC(O)COc2cccc(Cl)c2)ccc1OCCn1ccnc1. The molecule has 1 atom stereocenters. The standard InChI is InChI=1S/C23H28ClN3O4/c1-26(15-20(28)16-31-21-5-3-4-19(24)13-21)14-18-6-7-22(23(12-18)29-2)30-11-10-27-9-8-25-17-27/h3-9,12-13,17,20,28H,10-11,14-16H2,1-2H3. The summed E-state index contributed by atoms with van der Waals surface area (Å²) in [6, 6.07) is 13.0. The zero-order valence-corrected chi connectivity index (χ0v) is 18.5. The van der Waals surface area contributed by atoms with E-state index in [1.54, 1.807) is 31.8 Å². The summed E-state index contributed by atoms with van der Waals surface area (Å²) in [6.07, 6.45) is 4.77. The topological polar surface area (TPSA) is 69.0 Å². The van der Waals surface area contributed by atoms with Crippen LogP contribution < -0.4 is 14.2 Å². The molecule has 8 heteroatoms. The largest absolute Gasteiger partial charge is 0.493 e. The van der Waals surface area contributed by atoms with Gasteiger partial charge in [-0.2, -0.15) is 0 Å². The van der Waals surface area contributed by atoms with E-state index >= 15 is 0 Å². The van der Waals surface area contributed by atoms with E-state index in [1.165, 1.54) is 0 Å². The molecule has 1 unspecified atom stereocenters. The fourth-order valence-electron chi connectivity index (χ4n) is 3.15. The number of aliphatic hydroxyl groups excluding tert-OH is 1. The highest BCUT2D eigenvalue weighted by Gasteiger charge is 2.12. The first-order valence-electron chi connectivity index (χ1n) is 10.0. The summed E-state index contributed by atoms with van der Waals surface area (Å²) in [5.74, 6) is 2.02. The van der Waals surface area contributed by atoms with Crippen LogP contribution in [0.3, 0.4) is 0 Å². The lowest BCUT2D eigenvalue weighted by atomic mass is 10.2. The number of benzene rings is 2. The van der Waals surface area contributed by atoms with Crippen molar-refractivity contribution in [2.75, 3.05) is 33.9 Å². The number of rotatable bonds is 12. The van der Waals surface area contributed by atoms with E-state index < -0.39 is 6.10 Å². The van der Waals surface area contributed by atoms with Crippen LogP contribution in [0.15, 0.2) is 61.2 Å². The van der Waals surface area contributed by atoms with Gasteiger partial charge in [0, 0.05) is 30.5 Å². The van der Waals surface area contributed by atoms with Gasteiger partial charge in [-0.1, -0.05) is 23.7 Å². The number of ether oxygens (including phenoxy) is 3. The predicted octanol–water partition coefficient (Wildman–Crippen LogP) is 3.50. The van der Waals surface area contributed by atoms with Crippen molar-refractivity contribution < 1.29 is 19.3 Å². The molecule has 0 aliphatic carbocycles. The first-order chi connectivity index (χ1) is 15.0. The number of methoxy groups -OCH3 is 1. The van der Waals surface area contributed by atoms with Crippen LogP contribution in [0, 0.1) is 0 Å². The average Bonchev–Trinajstić information content (AvgIpc) is 3.26. The molecule has 0 aliphatic rings. The fraction of sp³-hybridized carbons (Fsp3) is 0.348. The number of nitrogens with zero attached hydrogens (tertiary/aromatic N) is 3. The number of likely N-dealkylation sites (N-methyl/N-ethyl adjacent to an activating group) is 1. The van der Waals surface area contributed by atoms with E-state index in [0.717, 1.165) is 5.56 Å². The fourth-order valence-corrected chi connectivity index (χ4v) is 3.33. The number of aliphatic hydroxyl groups is 1. The Labute approximate surface area is 187 Å². The maximum absolute atomic E-state index is 10.3. The lowest BCUT2D eigenvalue weighted by Gasteiger charge is -2.21. The van der Waals surface area contributed by atoms with E-state index in [9.17, 15) is 5.11 Å². The minimum atomic E-state index is -0.628. The first kappa shape index (κ1) is 22.9. The summed E-state index contributed by atoms with van der Waals surface area (Å²) in [7, 11) is 3.58. The van der Waals surface area contributed by atoms with Crippen LogP contribution in [0.4, 0.5) is 0 Å². The van der Waals surface area contributed by atoms with Crippen molar-refractivity contribution in [2.45, 2.75) is 19.2 Å². The Morgan fingerprint density at radius 1 is 1.16 bits per heavy atom. The van der Waals surface area contributed by atoms with Crippen molar-refractivity contribution in [3.05, 3.63) is 71.8 Å². The number of halogens is 1. The highest BCUT2D eigenvalue weighted by molar-refractivity contribution is 6.30. The minimum absolute atomic E-state index is 0.192. The normalized spacial score (nSPS) is 12.0. The molecule has 2 aromatic carbocycles. The van der Waals surface area contributed by atoms with Gasteiger partial charge >= 0.3 is 0 Å².